The van der Waals surface area contributed by atoms with Gasteiger partial charge in [0.1, 0.15) is 32.2 Å². The van der Waals surface area contributed by atoms with Crippen molar-refractivity contribution >= 4 is 23.2 Å². The minimum absolute atomic E-state index is 0.0820. The Balaban J connectivity index is 1.60. The Hall–Kier alpha value is -1.44. The van der Waals surface area contributed by atoms with Crippen LogP contribution < -0.4 is 20.4 Å². The molecular formula is C21H36N4O2S+2. The van der Waals surface area contributed by atoms with Crippen LogP contribution in [0.4, 0.5) is 0 Å². The first-order valence-electron chi connectivity index (χ1n) is 10.9. The van der Waals surface area contributed by atoms with Crippen LogP contribution in [0.5, 0.6) is 0 Å². The van der Waals surface area contributed by atoms with E-state index >= 15 is 0 Å². The number of likely N-dealkylation sites (N-methyl/N-ethyl adjacent to an activating group) is 1. The predicted octanol–water partition coefficient (Wildman–Crippen LogP) is -0.454. The molecule has 1 aliphatic heterocycles. The minimum Gasteiger partial charge on any atom is -0.345 e. The predicted molar refractivity (Wildman–Crippen MR) is 112 cm³/mol. The molecule has 7 heteroatoms. The van der Waals surface area contributed by atoms with Crippen molar-refractivity contribution in [3.63, 3.8) is 0 Å². The zero-order chi connectivity index (χ0) is 19.9. The zero-order valence-corrected chi connectivity index (χ0v) is 18.1. The van der Waals surface area contributed by atoms with Crippen LogP contribution in [0.1, 0.15) is 56.9 Å². The lowest BCUT2D eigenvalue weighted by molar-refractivity contribution is -1.03. The molecule has 0 bridgehead atoms. The lowest BCUT2D eigenvalue weighted by Gasteiger charge is -2.36. The summed E-state index contributed by atoms with van der Waals surface area (Å²) in [6.45, 7) is 9.98. The second-order valence-electron chi connectivity index (χ2n) is 8.33. The smallest absolute Gasteiger partial charge is 0.309 e. The molecule has 6 nitrogen and oxygen atoms in total. The van der Waals surface area contributed by atoms with Gasteiger partial charge in [0, 0.05) is 6.04 Å². The monoisotopic (exact) mass is 408 g/mol. The van der Waals surface area contributed by atoms with E-state index in [9.17, 15) is 9.59 Å². The fraction of sp³-hybridized carbons (Fsp3) is 0.714. The third-order valence-electron chi connectivity index (χ3n) is 6.39. The molecule has 0 radical (unpaired) electrons. The maximum absolute atomic E-state index is 12.5. The molecule has 28 heavy (non-hydrogen) atoms. The van der Waals surface area contributed by atoms with E-state index in [-0.39, 0.29) is 18.1 Å². The van der Waals surface area contributed by atoms with Gasteiger partial charge >= 0.3 is 11.8 Å². The second kappa shape index (κ2) is 10.4. The molecule has 1 aromatic rings. The molecule has 2 fully saturated rings. The molecule has 2 amide bonds. The van der Waals surface area contributed by atoms with Crippen LogP contribution in [0.3, 0.4) is 0 Å². The molecule has 0 aromatic carbocycles. The zero-order valence-electron chi connectivity index (χ0n) is 17.3. The molecule has 1 aromatic heterocycles. The van der Waals surface area contributed by atoms with Crippen molar-refractivity contribution in [1.29, 1.82) is 0 Å². The fourth-order valence-electron chi connectivity index (χ4n) is 4.71. The molecular weight excluding hydrogens is 372 g/mol. The highest BCUT2D eigenvalue weighted by molar-refractivity contribution is 7.10. The van der Waals surface area contributed by atoms with E-state index in [1.807, 2.05) is 6.92 Å². The number of thiophene rings is 1. The molecule has 0 spiro atoms. The first kappa shape index (κ1) is 21.3. The molecule has 1 aliphatic carbocycles. The first-order chi connectivity index (χ1) is 13.6. The van der Waals surface area contributed by atoms with Crippen LogP contribution in [0.2, 0.25) is 0 Å². The summed E-state index contributed by atoms with van der Waals surface area (Å²) in [5, 5.41) is 8.04. The summed E-state index contributed by atoms with van der Waals surface area (Å²) in [5.74, 6) is -0.962. The summed E-state index contributed by atoms with van der Waals surface area (Å²) in [6, 6.07) is 4.51. The van der Waals surface area contributed by atoms with E-state index in [0.29, 0.717) is 0 Å². The van der Waals surface area contributed by atoms with Gasteiger partial charge < -0.3 is 20.4 Å². The summed E-state index contributed by atoms with van der Waals surface area (Å²) in [5.41, 5.74) is 0. The van der Waals surface area contributed by atoms with Crippen molar-refractivity contribution in [3.05, 3.63) is 22.4 Å². The van der Waals surface area contributed by atoms with Crippen molar-refractivity contribution < 1.29 is 19.4 Å². The van der Waals surface area contributed by atoms with Crippen LogP contribution in [0, 0.1) is 0 Å². The van der Waals surface area contributed by atoms with Gasteiger partial charge in [-0.1, -0.05) is 25.3 Å². The minimum atomic E-state index is -0.489. The van der Waals surface area contributed by atoms with E-state index in [1.165, 1.54) is 22.7 Å². The molecule has 1 saturated heterocycles. The Labute approximate surface area is 172 Å². The Kier molecular flexibility index (Phi) is 7.88. The number of piperazine rings is 1. The number of hydrogen-bond acceptors (Lipinski definition) is 3. The third kappa shape index (κ3) is 5.55. The maximum Gasteiger partial charge on any atom is 0.309 e. The van der Waals surface area contributed by atoms with Gasteiger partial charge in [-0.3, -0.25) is 9.59 Å². The van der Waals surface area contributed by atoms with E-state index < -0.39 is 11.8 Å². The van der Waals surface area contributed by atoms with Gasteiger partial charge in [0.25, 0.3) is 0 Å². The quantitative estimate of drug-likeness (QED) is 0.482. The third-order valence-corrected chi connectivity index (χ3v) is 7.35. The summed E-state index contributed by atoms with van der Waals surface area (Å²) in [4.78, 5) is 29.4. The Morgan fingerprint density at radius 3 is 2.46 bits per heavy atom. The van der Waals surface area contributed by atoms with Crippen molar-refractivity contribution in [1.82, 2.24) is 10.6 Å². The normalized spacial score (nSPS) is 25.6. The largest absolute Gasteiger partial charge is 0.345 e. The van der Waals surface area contributed by atoms with E-state index in [4.69, 9.17) is 0 Å². The summed E-state index contributed by atoms with van der Waals surface area (Å²) < 4.78 is 0. The van der Waals surface area contributed by atoms with Crippen LogP contribution >= 0.6 is 11.3 Å². The summed E-state index contributed by atoms with van der Waals surface area (Å²) >= 11 is 1.74. The second-order valence-corrected chi connectivity index (χ2v) is 9.30. The van der Waals surface area contributed by atoms with Crippen LogP contribution in [-0.4, -0.2) is 56.6 Å². The van der Waals surface area contributed by atoms with Crippen molar-refractivity contribution in [2.24, 2.45) is 0 Å². The fourth-order valence-corrected chi connectivity index (χ4v) is 5.70. The Morgan fingerprint density at radius 2 is 1.86 bits per heavy atom. The van der Waals surface area contributed by atoms with Crippen molar-refractivity contribution in [3.8, 4) is 0 Å². The van der Waals surface area contributed by atoms with E-state index in [2.05, 4.69) is 35.1 Å². The SMILES string of the molecule is CC[NH+]1CC[NH+]([C@@H](c2cccs2)[C@@H](C)NC(=O)C(=O)NC2CCCCC2)CC1. The van der Waals surface area contributed by atoms with Gasteiger partial charge in [-0.15, -0.1) is 11.3 Å². The van der Waals surface area contributed by atoms with Gasteiger partial charge in [0.15, 0.2) is 0 Å². The number of nitrogens with one attached hydrogen (secondary N) is 4. The molecule has 3 rings (SSSR count). The number of amides is 2. The number of carbonyl (C=O) groups is 2. The summed E-state index contributed by atoms with van der Waals surface area (Å²) in [7, 11) is 0. The number of hydrogen-bond donors (Lipinski definition) is 4. The molecule has 2 heterocycles. The highest BCUT2D eigenvalue weighted by Crippen LogP contribution is 2.20. The number of carbonyl (C=O) groups excluding carboxylic acids is 2. The molecule has 2 atom stereocenters. The molecule has 2 aliphatic rings. The topological polar surface area (TPSA) is 67.1 Å². The first-order valence-corrected chi connectivity index (χ1v) is 11.8. The molecule has 156 valence electrons. The van der Waals surface area contributed by atoms with Gasteiger partial charge in [-0.25, -0.2) is 0 Å². The van der Waals surface area contributed by atoms with Crippen LogP contribution in [0.25, 0.3) is 0 Å². The average molecular weight is 409 g/mol. The lowest BCUT2D eigenvalue weighted by atomic mass is 9.95. The number of rotatable bonds is 6. The Bertz CT molecular complexity index is 622. The standard InChI is InChI=1S/C21H34N4O2S/c1-3-24-11-13-25(14-12-24)19(18-10-7-15-28-18)16(2)22-20(26)21(27)23-17-8-5-4-6-9-17/h7,10,15-17,19H,3-6,8-9,11-14H2,1-2H3,(H,22,26)(H,23,27)/p+2/t16-,19-/m1/s1. The van der Waals surface area contributed by atoms with Gasteiger partial charge in [0.05, 0.1) is 17.5 Å². The highest BCUT2D eigenvalue weighted by Gasteiger charge is 2.36. The van der Waals surface area contributed by atoms with E-state index in [0.717, 1.165) is 51.9 Å². The van der Waals surface area contributed by atoms with Crippen molar-refractivity contribution in [2.45, 2.75) is 64.1 Å². The van der Waals surface area contributed by atoms with Gasteiger partial charge in [-0.2, -0.15) is 0 Å². The highest BCUT2D eigenvalue weighted by atomic mass is 32.1. The molecule has 0 unspecified atom stereocenters. The average Bonchev–Trinajstić information content (AvgIpc) is 3.23. The number of quaternary nitrogens is 2. The van der Waals surface area contributed by atoms with Gasteiger partial charge in [0.2, 0.25) is 0 Å². The molecule has 1 saturated carbocycles. The van der Waals surface area contributed by atoms with Crippen LogP contribution in [0.15, 0.2) is 17.5 Å². The Morgan fingerprint density at radius 1 is 1.14 bits per heavy atom. The van der Waals surface area contributed by atoms with Gasteiger partial charge in [-0.05, 0) is 38.1 Å². The summed E-state index contributed by atoms with van der Waals surface area (Å²) in [6.07, 6.45) is 5.48. The lowest BCUT2D eigenvalue weighted by Crippen LogP contribution is -3.28. The van der Waals surface area contributed by atoms with Crippen molar-refractivity contribution in [2.75, 3.05) is 32.7 Å². The van der Waals surface area contributed by atoms with Crippen LogP contribution in [-0.2, 0) is 9.59 Å². The molecule has 4 N–H and O–H groups in total. The maximum atomic E-state index is 12.5. The van der Waals surface area contributed by atoms with E-state index in [1.54, 1.807) is 16.2 Å².